The van der Waals surface area contributed by atoms with Crippen molar-refractivity contribution in [2.45, 2.75) is 13.5 Å². The molecule has 0 amide bonds. The molecular formula is C17H15ClN2O. The van der Waals surface area contributed by atoms with E-state index in [1.165, 1.54) is 5.56 Å². The zero-order chi connectivity index (χ0) is 14.7. The van der Waals surface area contributed by atoms with E-state index in [0.717, 1.165) is 11.3 Å². The third kappa shape index (κ3) is 3.44. The highest BCUT2D eigenvalue weighted by Crippen LogP contribution is 2.16. The molecule has 3 rings (SSSR count). The average Bonchev–Trinajstić information content (AvgIpc) is 2.95. The Labute approximate surface area is 128 Å². The number of benzene rings is 2. The van der Waals surface area contributed by atoms with Crippen LogP contribution in [0.25, 0.3) is 5.69 Å². The zero-order valence-corrected chi connectivity index (χ0v) is 12.4. The second kappa shape index (κ2) is 6.02. The maximum Gasteiger partial charge on any atom is 0.233 e. The third-order valence-corrected chi connectivity index (χ3v) is 3.38. The summed E-state index contributed by atoms with van der Waals surface area (Å²) in [5, 5.41) is 5.11. The number of rotatable bonds is 4. The van der Waals surface area contributed by atoms with Crippen LogP contribution in [-0.2, 0) is 6.61 Å². The Balaban J connectivity index is 1.69. The van der Waals surface area contributed by atoms with Gasteiger partial charge >= 0.3 is 0 Å². The number of aryl methyl sites for hydroxylation is 1. The molecule has 106 valence electrons. The Morgan fingerprint density at radius 1 is 1.10 bits per heavy atom. The predicted molar refractivity (Wildman–Crippen MR) is 84.1 cm³/mol. The van der Waals surface area contributed by atoms with E-state index in [2.05, 4.69) is 24.2 Å². The maximum atomic E-state index is 5.88. The minimum atomic E-state index is 0.513. The molecule has 3 nitrogen and oxygen atoms in total. The second-order valence-electron chi connectivity index (χ2n) is 4.85. The van der Waals surface area contributed by atoms with Crippen molar-refractivity contribution in [3.63, 3.8) is 0 Å². The number of halogens is 1. The highest BCUT2D eigenvalue weighted by molar-refractivity contribution is 6.30. The van der Waals surface area contributed by atoms with Gasteiger partial charge in [0, 0.05) is 17.3 Å². The molecular weight excluding hydrogens is 284 g/mol. The molecule has 0 fully saturated rings. The van der Waals surface area contributed by atoms with Crippen molar-refractivity contribution in [2.24, 2.45) is 0 Å². The van der Waals surface area contributed by atoms with Crippen LogP contribution in [0.15, 0.2) is 60.8 Å². The summed E-state index contributed by atoms with van der Waals surface area (Å²) < 4.78 is 7.48. The van der Waals surface area contributed by atoms with Gasteiger partial charge < -0.3 is 4.74 Å². The van der Waals surface area contributed by atoms with Crippen LogP contribution in [0.3, 0.4) is 0 Å². The van der Waals surface area contributed by atoms with Gasteiger partial charge in [0.05, 0.1) is 5.69 Å². The summed E-state index contributed by atoms with van der Waals surface area (Å²) >= 11 is 5.88. The number of hydrogen-bond donors (Lipinski definition) is 0. The number of hydrogen-bond acceptors (Lipinski definition) is 2. The molecule has 0 bridgehead atoms. The quantitative estimate of drug-likeness (QED) is 0.713. The average molecular weight is 299 g/mol. The molecule has 4 heteroatoms. The van der Waals surface area contributed by atoms with Crippen molar-refractivity contribution in [2.75, 3.05) is 0 Å². The van der Waals surface area contributed by atoms with Crippen molar-refractivity contribution in [3.05, 3.63) is 76.9 Å². The van der Waals surface area contributed by atoms with Gasteiger partial charge in [-0.25, -0.2) is 4.68 Å². The predicted octanol–water partition coefficient (Wildman–Crippen LogP) is 4.41. The van der Waals surface area contributed by atoms with Gasteiger partial charge in [0.15, 0.2) is 0 Å². The molecule has 1 heterocycles. The van der Waals surface area contributed by atoms with E-state index >= 15 is 0 Å². The molecule has 0 N–H and O–H groups in total. The second-order valence-corrected chi connectivity index (χ2v) is 5.29. The number of ether oxygens (including phenoxy) is 1. The Hall–Kier alpha value is -2.26. The lowest BCUT2D eigenvalue weighted by atomic mass is 10.1. The monoisotopic (exact) mass is 298 g/mol. The van der Waals surface area contributed by atoms with Gasteiger partial charge in [-0.15, -0.1) is 5.10 Å². The zero-order valence-electron chi connectivity index (χ0n) is 11.7. The molecule has 0 atom stereocenters. The first-order chi connectivity index (χ1) is 10.2. The summed E-state index contributed by atoms with van der Waals surface area (Å²) in [6, 6.07) is 17.6. The fourth-order valence-electron chi connectivity index (χ4n) is 2.08. The van der Waals surface area contributed by atoms with E-state index in [-0.39, 0.29) is 0 Å². The van der Waals surface area contributed by atoms with E-state index in [9.17, 15) is 0 Å². The lowest BCUT2D eigenvalue weighted by Crippen LogP contribution is -1.98. The number of nitrogens with zero attached hydrogens (tertiary/aromatic N) is 2. The lowest BCUT2D eigenvalue weighted by molar-refractivity contribution is 0.292. The first-order valence-corrected chi connectivity index (χ1v) is 7.08. The first kappa shape index (κ1) is 13.7. The Morgan fingerprint density at radius 2 is 1.90 bits per heavy atom. The van der Waals surface area contributed by atoms with Crippen LogP contribution in [0, 0.1) is 6.92 Å². The first-order valence-electron chi connectivity index (χ1n) is 6.71. The van der Waals surface area contributed by atoms with Crippen LogP contribution in [-0.4, -0.2) is 9.78 Å². The van der Waals surface area contributed by atoms with Crippen LogP contribution in [0.5, 0.6) is 5.88 Å². The summed E-state index contributed by atoms with van der Waals surface area (Å²) in [4.78, 5) is 0. The topological polar surface area (TPSA) is 27.1 Å². The smallest absolute Gasteiger partial charge is 0.233 e. The van der Waals surface area contributed by atoms with E-state index in [1.807, 2.05) is 48.7 Å². The van der Waals surface area contributed by atoms with Gasteiger partial charge in [0.25, 0.3) is 0 Å². The Kier molecular flexibility index (Phi) is 3.93. The molecule has 0 saturated heterocycles. The van der Waals surface area contributed by atoms with Gasteiger partial charge in [-0.2, -0.15) is 0 Å². The fraction of sp³-hybridized carbons (Fsp3) is 0.118. The van der Waals surface area contributed by atoms with Gasteiger partial charge in [-0.05, 0) is 36.8 Å². The molecule has 0 unspecified atom stereocenters. The summed E-state index contributed by atoms with van der Waals surface area (Å²) in [7, 11) is 0. The van der Waals surface area contributed by atoms with E-state index < -0.39 is 0 Å². The van der Waals surface area contributed by atoms with Crippen molar-refractivity contribution in [1.82, 2.24) is 9.78 Å². The van der Waals surface area contributed by atoms with Crippen molar-refractivity contribution in [1.29, 1.82) is 0 Å². The summed E-state index contributed by atoms with van der Waals surface area (Å²) in [6.45, 7) is 2.58. The highest BCUT2D eigenvalue weighted by atomic mass is 35.5. The van der Waals surface area contributed by atoms with E-state index in [1.54, 1.807) is 4.68 Å². The largest absolute Gasteiger partial charge is 0.472 e. The van der Waals surface area contributed by atoms with Gasteiger partial charge in [0.1, 0.15) is 6.61 Å². The Bertz CT molecular complexity index is 735. The van der Waals surface area contributed by atoms with Crippen molar-refractivity contribution >= 4 is 11.6 Å². The molecule has 1 aromatic heterocycles. The third-order valence-electron chi connectivity index (χ3n) is 3.12. The molecule has 0 saturated carbocycles. The summed E-state index contributed by atoms with van der Waals surface area (Å²) in [6.07, 6.45) is 1.87. The SMILES string of the molecule is Cc1cccc(COc2ccn(-c3ccc(Cl)cc3)n2)c1. The van der Waals surface area contributed by atoms with Crippen LogP contribution in [0.2, 0.25) is 5.02 Å². The van der Waals surface area contributed by atoms with Gasteiger partial charge in [-0.3, -0.25) is 0 Å². The van der Waals surface area contributed by atoms with E-state index in [0.29, 0.717) is 17.5 Å². The standard InChI is InChI=1S/C17H15ClN2O/c1-13-3-2-4-14(11-13)12-21-17-9-10-20(19-17)16-7-5-15(18)6-8-16/h2-11H,12H2,1H3. The summed E-state index contributed by atoms with van der Waals surface area (Å²) in [5.74, 6) is 0.603. The fourth-order valence-corrected chi connectivity index (χ4v) is 2.21. The molecule has 0 aliphatic carbocycles. The molecule has 0 aliphatic rings. The molecule has 21 heavy (non-hydrogen) atoms. The highest BCUT2D eigenvalue weighted by Gasteiger charge is 2.03. The van der Waals surface area contributed by atoms with Gasteiger partial charge in [0.2, 0.25) is 5.88 Å². The van der Waals surface area contributed by atoms with Gasteiger partial charge in [-0.1, -0.05) is 41.4 Å². The molecule has 0 spiro atoms. The van der Waals surface area contributed by atoms with Crippen LogP contribution in [0.1, 0.15) is 11.1 Å². The normalized spacial score (nSPS) is 10.6. The lowest BCUT2D eigenvalue weighted by Gasteiger charge is -2.04. The van der Waals surface area contributed by atoms with Crippen molar-refractivity contribution < 1.29 is 4.74 Å². The Morgan fingerprint density at radius 3 is 2.67 bits per heavy atom. The minimum absolute atomic E-state index is 0.513. The molecule has 0 aliphatic heterocycles. The summed E-state index contributed by atoms with van der Waals surface area (Å²) in [5.41, 5.74) is 3.31. The maximum absolute atomic E-state index is 5.88. The van der Waals surface area contributed by atoms with Crippen LogP contribution in [0.4, 0.5) is 0 Å². The molecule has 3 aromatic rings. The minimum Gasteiger partial charge on any atom is -0.472 e. The molecule has 0 radical (unpaired) electrons. The van der Waals surface area contributed by atoms with E-state index in [4.69, 9.17) is 16.3 Å². The van der Waals surface area contributed by atoms with Crippen molar-refractivity contribution in [3.8, 4) is 11.6 Å². The van der Waals surface area contributed by atoms with Crippen LogP contribution >= 0.6 is 11.6 Å². The number of aromatic nitrogens is 2. The van der Waals surface area contributed by atoms with Crippen LogP contribution < -0.4 is 4.74 Å². The molecule has 2 aromatic carbocycles.